The Morgan fingerprint density at radius 1 is 1.44 bits per heavy atom. The summed E-state index contributed by atoms with van der Waals surface area (Å²) in [5.41, 5.74) is 12.0. The molecule has 1 aromatic carbocycles. The van der Waals surface area contributed by atoms with Crippen molar-refractivity contribution >= 4 is 5.96 Å². The Hall–Kier alpha value is -1.71. The number of hydrogen-bond acceptors (Lipinski definition) is 2. The van der Waals surface area contributed by atoms with Gasteiger partial charge in [-0.3, -0.25) is 0 Å². The second-order valence-corrected chi connectivity index (χ2v) is 4.39. The second-order valence-electron chi connectivity index (χ2n) is 4.39. The summed E-state index contributed by atoms with van der Waals surface area (Å²) >= 11 is 0. The van der Waals surface area contributed by atoms with Gasteiger partial charge in [-0.1, -0.05) is 25.1 Å². The lowest BCUT2D eigenvalue weighted by molar-refractivity contribution is 0.405. The highest BCUT2D eigenvalue weighted by Crippen LogP contribution is 2.52. The van der Waals surface area contributed by atoms with Gasteiger partial charge < -0.3 is 16.2 Å². The van der Waals surface area contributed by atoms with Crippen molar-refractivity contribution in [2.75, 3.05) is 7.11 Å². The Bertz CT molecular complexity index is 426. The molecule has 4 nitrogen and oxygen atoms in total. The third-order valence-corrected chi connectivity index (χ3v) is 3.22. The molecule has 2 unspecified atom stereocenters. The van der Waals surface area contributed by atoms with Gasteiger partial charge in [0.2, 0.25) is 0 Å². The Labute approximate surface area is 95.3 Å². The Morgan fingerprint density at radius 2 is 2.12 bits per heavy atom. The van der Waals surface area contributed by atoms with Crippen LogP contribution >= 0.6 is 0 Å². The van der Waals surface area contributed by atoms with Crippen molar-refractivity contribution in [2.24, 2.45) is 16.5 Å². The fraction of sp³-hybridized carbons (Fsp3) is 0.417. The Balaban J connectivity index is 2.29. The molecular weight excluding hydrogens is 202 g/mol. The van der Waals surface area contributed by atoms with Gasteiger partial charge in [-0.2, -0.15) is 0 Å². The van der Waals surface area contributed by atoms with Gasteiger partial charge in [0.05, 0.1) is 13.2 Å². The smallest absolute Gasteiger partial charge is 0.186 e. The minimum Gasteiger partial charge on any atom is -0.496 e. The summed E-state index contributed by atoms with van der Waals surface area (Å²) in [4.78, 5) is 4.21. The van der Waals surface area contributed by atoms with E-state index in [2.05, 4.69) is 18.0 Å². The third kappa shape index (κ3) is 1.71. The summed E-state index contributed by atoms with van der Waals surface area (Å²) in [5.74, 6) is 1.06. The van der Waals surface area contributed by atoms with E-state index in [0.29, 0.717) is 0 Å². The van der Waals surface area contributed by atoms with Crippen molar-refractivity contribution in [1.29, 1.82) is 0 Å². The van der Waals surface area contributed by atoms with Crippen LogP contribution in [0.2, 0.25) is 0 Å². The van der Waals surface area contributed by atoms with Crippen molar-refractivity contribution in [3.05, 3.63) is 29.8 Å². The normalized spacial score (nSPS) is 27.2. The van der Waals surface area contributed by atoms with Crippen LogP contribution in [0.1, 0.15) is 18.9 Å². The minimum absolute atomic E-state index is 0.0105. The van der Waals surface area contributed by atoms with E-state index in [1.165, 1.54) is 5.56 Å². The summed E-state index contributed by atoms with van der Waals surface area (Å²) < 4.78 is 5.35. The monoisotopic (exact) mass is 219 g/mol. The number of nitrogens with zero attached hydrogens (tertiary/aromatic N) is 1. The van der Waals surface area contributed by atoms with Gasteiger partial charge in [-0.05, 0) is 12.5 Å². The number of nitrogens with two attached hydrogens (primary N) is 2. The number of ether oxygens (including phenoxy) is 1. The Morgan fingerprint density at radius 3 is 2.75 bits per heavy atom. The average Bonchev–Trinajstić information content (AvgIpc) is 2.89. The predicted octanol–water partition coefficient (Wildman–Crippen LogP) is 0.999. The van der Waals surface area contributed by atoms with Crippen LogP contribution in [0.3, 0.4) is 0 Å². The van der Waals surface area contributed by atoms with Crippen LogP contribution in [0.15, 0.2) is 29.3 Å². The quantitative estimate of drug-likeness (QED) is 0.588. The molecule has 2 atom stereocenters. The van der Waals surface area contributed by atoms with Gasteiger partial charge >= 0.3 is 0 Å². The van der Waals surface area contributed by atoms with Crippen LogP contribution in [0.4, 0.5) is 0 Å². The first-order valence-corrected chi connectivity index (χ1v) is 5.30. The summed E-state index contributed by atoms with van der Waals surface area (Å²) in [7, 11) is 1.68. The van der Waals surface area contributed by atoms with Gasteiger partial charge in [0.15, 0.2) is 5.96 Å². The fourth-order valence-corrected chi connectivity index (χ4v) is 2.12. The molecule has 2 rings (SSSR count). The third-order valence-electron chi connectivity index (χ3n) is 3.22. The van der Waals surface area contributed by atoms with Crippen molar-refractivity contribution in [1.82, 2.24) is 0 Å². The highest BCUT2D eigenvalue weighted by Gasteiger charge is 2.53. The molecule has 0 heterocycles. The van der Waals surface area contributed by atoms with E-state index in [4.69, 9.17) is 16.2 Å². The zero-order chi connectivity index (χ0) is 11.8. The fourth-order valence-electron chi connectivity index (χ4n) is 2.12. The zero-order valence-electron chi connectivity index (χ0n) is 9.60. The van der Waals surface area contributed by atoms with Gasteiger partial charge in [-0.25, -0.2) is 4.99 Å². The highest BCUT2D eigenvalue weighted by molar-refractivity contribution is 5.76. The lowest BCUT2D eigenvalue weighted by Crippen LogP contribution is -2.24. The maximum atomic E-state index is 5.40. The topological polar surface area (TPSA) is 73.6 Å². The van der Waals surface area contributed by atoms with E-state index in [1.807, 2.05) is 18.2 Å². The molecule has 0 saturated heterocycles. The molecule has 1 aliphatic rings. The van der Waals surface area contributed by atoms with E-state index in [-0.39, 0.29) is 17.4 Å². The van der Waals surface area contributed by atoms with E-state index < -0.39 is 0 Å². The van der Waals surface area contributed by atoms with Gasteiger partial charge in [0.1, 0.15) is 5.75 Å². The summed E-state index contributed by atoms with van der Waals surface area (Å²) in [6.07, 6.45) is 0.964. The maximum absolute atomic E-state index is 5.40. The average molecular weight is 219 g/mol. The molecule has 4 N–H and O–H groups in total. The molecule has 0 amide bonds. The first-order valence-electron chi connectivity index (χ1n) is 5.30. The molecular formula is C12H17N3O. The lowest BCUT2D eigenvalue weighted by Gasteiger charge is -2.14. The van der Waals surface area contributed by atoms with Crippen LogP contribution in [-0.4, -0.2) is 19.1 Å². The number of aliphatic imine (C=N–C) groups is 1. The molecule has 1 saturated carbocycles. The first-order chi connectivity index (χ1) is 7.58. The van der Waals surface area contributed by atoms with Crippen LogP contribution in [0.25, 0.3) is 0 Å². The molecule has 1 aromatic rings. The van der Waals surface area contributed by atoms with Crippen LogP contribution in [0, 0.1) is 0 Å². The number of methoxy groups -OCH3 is 1. The number of guanidine groups is 1. The van der Waals surface area contributed by atoms with Crippen molar-refractivity contribution < 1.29 is 4.74 Å². The summed E-state index contributed by atoms with van der Waals surface area (Å²) in [6, 6.07) is 8.18. The standard InChI is InChI=1S/C12H17N3O/c1-12(7-10(12)15-11(13)14)8-5-3-4-6-9(8)16-2/h3-6,10H,7H2,1-2H3,(H4,13,14,15). The molecule has 0 radical (unpaired) electrons. The van der Waals surface area contributed by atoms with Crippen molar-refractivity contribution in [2.45, 2.75) is 24.8 Å². The van der Waals surface area contributed by atoms with Crippen molar-refractivity contribution in [3.8, 4) is 5.75 Å². The van der Waals surface area contributed by atoms with Crippen LogP contribution in [-0.2, 0) is 5.41 Å². The largest absolute Gasteiger partial charge is 0.496 e. The zero-order valence-corrected chi connectivity index (χ0v) is 9.60. The Kier molecular flexibility index (Phi) is 2.50. The van der Waals surface area contributed by atoms with Crippen LogP contribution < -0.4 is 16.2 Å². The number of para-hydroxylation sites is 1. The summed E-state index contributed by atoms with van der Waals surface area (Å²) in [6.45, 7) is 2.15. The van der Waals surface area contributed by atoms with E-state index in [0.717, 1.165) is 12.2 Å². The predicted molar refractivity (Wildman–Crippen MR) is 64.6 cm³/mol. The molecule has 86 valence electrons. The highest BCUT2D eigenvalue weighted by atomic mass is 16.5. The molecule has 1 fully saturated rings. The summed E-state index contributed by atoms with van der Waals surface area (Å²) in [5, 5.41) is 0. The SMILES string of the molecule is COc1ccccc1C1(C)CC1N=C(N)N. The van der Waals surface area contributed by atoms with E-state index in [9.17, 15) is 0 Å². The minimum atomic E-state index is 0.0105. The molecule has 0 spiro atoms. The molecule has 0 aromatic heterocycles. The number of rotatable bonds is 3. The number of hydrogen-bond donors (Lipinski definition) is 2. The van der Waals surface area contributed by atoms with Gasteiger partial charge in [-0.15, -0.1) is 0 Å². The molecule has 0 bridgehead atoms. The van der Waals surface area contributed by atoms with Gasteiger partial charge in [0.25, 0.3) is 0 Å². The molecule has 4 heteroatoms. The molecule has 16 heavy (non-hydrogen) atoms. The molecule has 1 aliphatic carbocycles. The first kappa shape index (κ1) is 10.8. The number of benzene rings is 1. The maximum Gasteiger partial charge on any atom is 0.186 e. The van der Waals surface area contributed by atoms with E-state index >= 15 is 0 Å². The van der Waals surface area contributed by atoms with Crippen molar-refractivity contribution in [3.63, 3.8) is 0 Å². The second kappa shape index (κ2) is 3.70. The van der Waals surface area contributed by atoms with Gasteiger partial charge in [0, 0.05) is 11.0 Å². The molecule has 0 aliphatic heterocycles. The lowest BCUT2D eigenvalue weighted by atomic mass is 9.96. The van der Waals surface area contributed by atoms with E-state index in [1.54, 1.807) is 7.11 Å². The van der Waals surface area contributed by atoms with Crippen LogP contribution in [0.5, 0.6) is 5.75 Å².